The van der Waals surface area contributed by atoms with Crippen molar-refractivity contribution in [2.24, 2.45) is 11.8 Å². The van der Waals surface area contributed by atoms with Crippen molar-refractivity contribution in [3.8, 4) is 0 Å². The predicted octanol–water partition coefficient (Wildman–Crippen LogP) is 1.94. The minimum Gasteiger partial charge on any atom is -0.298 e. The van der Waals surface area contributed by atoms with Crippen LogP contribution in [-0.4, -0.2) is 29.8 Å². The SMILES string of the molecule is CC(=O)[C@H]1C[C@@H](C)CN1CC(C)C. The fourth-order valence-electron chi connectivity index (χ4n) is 2.23. The summed E-state index contributed by atoms with van der Waals surface area (Å²) in [7, 11) is 0. The van der Waals surface area contributed by atoms with Crippen molar-refractivity contribution in [1.82, 2.24) is 4.90 Å². The summed E-state index contributed by atoms with van der Waals surface area (Å²) < 4.78 is 0. The zero-order valence-electron chi connectivity index (χ0n) is 9.21. The van der Waals surface area contributed by atoms with Gasteiger partial charge in [0.05, 0.1) is 6.04 Å². The van der Waals surface area contributed by atoms with E-state index >= 15 is 0 Å². The highest BCUT2D eigenvalue weighted by molar-refractivity contribution is 5.81. The molecule has 0 N–H and O–H groups in total. The Balaban J connectivity index is 2.55. The summed E-state index contributed by atoms with van der Waals surface area (Å²) in [6.07, 6.45) is 1.06. The number of Topliss-reactive ketones (excluding diaryl/α,β-unsaturated/α-hetero) is 1. The van der Waals surface area contributed by atoms with Crippen LogP contribution >= 0.6 is 0 Å². The summed E-state index contributed by atoms with van der Waals surface area (Å²) in [5.74, 6) is 1.69. The summed E-state index contributed by atoms with van der Waals surface area (Å²) in [5, 5.41) is 0. The van der Waals surface area contributed by atoms with Gasteiger partial charge in [0.1, 0.15) is 5.78 Å². The minimum absolute atomic E-state index is 0.206. The van der Waals surface area contributed by atoms with Gasteiger partial charge in [0.15, 0.2) is 0 Å². The highest BCUT2D eigenvalue weighted by Gasteiger charge is 2.32. The first-order valence-electron chi connectivity index (χ1n) is 5.25. The minimum atomic E-state index is 0.206. The number of carbonyl (C=O) groups excluding carboxylic acids is 1. The lowest BCUT2D eigenvalue weighted by molar-refractivity contribution is -0.121. The van der Waals surface area contributed by atoms with Gasteiger partial charge in [-0.05, 0) is 25.2 Å². The lowest BCUT2D eigenvalue weighted by atomic mass is 10.1. The topological polar surface area (TPSA) is 20.3 Å². The number of hydrogen-bond donors (Lipinski definition) is 0. The molecule has 1 aliphatic heterocycles. The van der Waals surface area contributed by atoms with Gasteiger partial charge in [0.2, 0.25) is 0 Å². The molecule has 0 spiro atoms. The number of ketones is 1. The molecule has 0 radical (unpaired) electrons. The number of likely N-dealkylation sites (tertiary alicyclic amines) is 1. The van der Waals surface area contributed by atoms with Crippen molar-refractivity contribution in [2.75, 3.05) is 13.1 Å². The van der Waals surface area contributed by atoms with Gasteiger partial charge in [0.25, 0.3) is 0 Å². The second-order valence-corrected chi connectivity index (χ2v) is 4.82. The lowest BCUT2D eigenvalue weighted by Crippen LogP contribution is -2.37. The molecule has 0 bridgehead atoms. The molecule has 1 saturated heterocycles. The molecule has 0 aliphatic carbocycles. The summed E-state index contributed by atoms with van der Waals surface area (Å²) in [6, 6.07) is 0.206. The standard InChI is InChI=1S/C11H21NO/c1-8(2)6-12-7-9(3)5-11(12)10(4)13/h8-9,11H,5-7H2,1-4H3/t9-,11-/m1/s1. The zero-order chi connectivity index (χ0) is 10.0. The number of hydrogen-bond acceptors (Lipinski definition) is 2. The van der Waals surface area contributed by atoms with E-state index in [9.17, 15) is 4.79 Å². The Kier molecular flexibility index (Phi) is 3.48. The van der Waals surface area contributed by atoms with Gasteiger partial charge >= 0.3 is 0 Å². The van der Waals surface area contributed by atoms with Crippen LogP contribution in [0.15, 0.2) is 0 Å². The second kappa shape index (κ2) is 4.23. The molecule has 2 nitrogen and oxygen atoms in total. The number of rotatable bonds is 3. The van der Waals surface area contributed by atoms with Gasteiger partial charge in [-0.25, -0.2) is 0 Å². The number of nitrogens with zero attached hydrogens (tertiary/aromatic N) is 1. The summed E-state index contributed by atoms with van der Waals surface area (Å²) in [5.41, 5.74) is 0. The predicted molar refractivity (Wildman–Crippen MR) is 54.7 cm³/mol. The van der Waals surface area contributed by atoms with Gasteiger partial charge in [-0.1, -0.05) is 20.8 Å². The third-order valence-electron chi connectivity index (χ3n) is 2.68. The molecule has 1 fully saturated rings. The Labute approximate surface area is 81.3 Å². The third kappa shape index (κ3) is 2.80. The molecular weight excluding hydrogens is 162 g/mol. The molecule has 2 heteroatoms. The van der Waals surface area contributed by atoms with Crippen molar-refractivity contribution in [3.05, 3.63) is 0 Å². The fraction of sp³-hybridized carbons (Fsp3) is 0.909. The summed E-state index contributed by atoms with van der Waals surface area (Å²) in [4.78, 5) is 13.7. The molecule has 76 valence electrons. The molecule has 2 atom stereocenters. The molecule has 0 unspecified atom stereocenters. The molecule has 0 aromatic carbocycles. The van der Waals surface area contributed by atoms with Gasteiger partial charge in [-0.15, -0.1) is 0 Å². The van der Waals surface area contributed by atoms with Crippen LogP contribution in [0.2, 0.25) is 0 Å². The first-order chi connectivity index (χ1) is 6.00. The molecule has 13 heavy (non-hydrogen) atoms. The van der Waals surface area contributed by atoms with Crippen molar-refractivity contribution in [3.63, 3.8) is 0 Å². The molecule has 0 amide bonds. The van der Waals surface area contributed by atoms with Gasteiger partial charge in [-0.3, -0.25) is 9.69 Å². The van der Waals surface area contributed by atoms with Crippen molar-refractivity contribution in [1.29, 1.82) is 0 Å². The van der Waals surface area contributed by atoms with E-state index in [4.69, 9.17) is 0 Å². The van der Waals surface area contributed by atoms with Gasteiger partial charge < -0.3 is 0 Å². The Morgan fingerprint density at radius 1 is 1.54 bits per heavy atom. The highest BCUT2D eigenvalue weighted by Crippen LogP contribution is 2.24. The molecule has 1 heterocycles. The normalized spacial score (nSPS) is 29.9. The highest BCUT2D eigenvalue weighted by atomic mass is 16.1. The second-order valence-electron chi connectivity index (χ2n) is 4.82. The summed E-state index contributed by atoms with van der Waals surface area (Å²) >= 11 is 0. The Bertz CT molecular complexity index is 189. The molecule has 0 aromatic heterocycles. The van der Waals surface area contributed by atoms with Crippen molar-refractivity contribution in [2.45, 2.75) is 40.2 Å². The molecule has 0 aromatic rings. The quantitative estimate of drug-likeness (QED) is 0.666. The van der Waals surface area contributed by atoms with E-state index in [1.54, 1.807) is 6.92 Å². The van der Waals surface area contributed by atoms with E-state index in [0.717, 1.165) is 19.5 Å². The smallest absolute Gasteiger partial charge is 0.146 e. The Morgan fingerprint density at radius 3 is 2.62 bits per heavy atom. The average molecular weight is 183 g/mol. The van der Waals surface area contributed by atoms with E-state index in [2.05, 4.69) is 25.7 Å². The van der Waals surface area contributed by atoms with Crippen LogP contribution in [0.1, 0.15) is 34.1 Å². The van der Waals surface area contributed by atoms with Crippen LogP contribution in [0.4, 0.5) is 0 Å². The van der Waals surface area contributed by atoms with E-state index in [1.807, 2.05) is 0 Å². The van der Waals surface area contributed by atoms with Gasteiger partial charge in [-0.2, -0.15) is 0 Å². The molecule has 1 rings (SSSR count). The van der Waals surface area contributed by atoms with Crippen LogP contribution in [0.25, 0.3) is 0 Å². The maximum absolute atomic E-state index is 11.3. The molecule has 1 aliphatic rings. The fourth-order valence-corrected chi connectivity index (χ4v) is 2.23. The van der Waals surface area contributed by atoms with Crippen molar-refractivity contribution < 1.29 is 4.79 Å². The molecular formula is C11H21NO. The maximum Gasteiger partial charge on any atom is 0.146 e. The maximum atomic E-state index is 11.3. The lowest BCUT2D eigenvalue weighted by Gasteiger charge is -2.23. The summed E-state index contributed by atoms with van der Waals surface area (Å²) in [6.45, 7) is 10.5. The Morgan fingerprint density at radius 2 is 2.15 bits per heavy atom. The van der Waals surface area contributed by atoms with E-state index in [1.165, 1.54) is 0 Å². The Hall–Kier alpha value is -0.370. The largest absolute Gasteiger partial charge is 0.298 e. The van der Waals surface area contributed by atoms with Crippen LogP contribution in [0, 0.1) is 11.8 Å². The van der Waals surface area contributed by atoms with Crippen LogP contribution < -0.4 is 0 Å². The van der Waals surface area contributed by atoms with Crippen LogP contribution in [0.3, 0.4) is 0 Å². The first-order valence-corrected chi connectivity index (χ1v) is 5.25. The molecule has 0 saturated carbocycles. The zero-order valence-corrected chi connectivity index (χ0v) is 9.21. The van der Waals surface area contributed by atoms with E-state index in [-0.39, 0.29) is 6.04 Å². The van der Waals surface area contributed by atoms with Crippen LogP contribution in [0.5, 0.6) is 0 Å². The van der Waals surface area contributed by atoms with E-state index < -0.39 is 0 Å². The number of carbonyl (C=O) groups is 1. The van der Waals surface area contributed by atoms with Crippen molar-refractivity contribution >= 4 is 5.78 Å². The van der Waals surface area contributed by atoms with E-state index in [0.29, 0.717) is 17.6 Å². The third-order valence-corrected chi connectivity index (χ3v) is 2.68. The average Bonchev–Trinajstić information content (AvgIpc) is 2.29. The monoisotopic (exact) mass is 183 g/mol. The van der Waals surface area contributed by atoms with Gasteiger partial charge in [0, 0.05) is 13.1 Å². The van der Waals surface area contributed by atoms with Crippen LogP contribution in [-0.2, 0) is 4.79 Å². The first kappa shape index (κ1) is 10.7.